The Labute approximate surface area is 111 Å². The summed E-state index contributed by atoms with van der Waals surface area (Å²) in [6.45, 7) is 8.39. The van der Waals surface area contributed by atoms with E-state index in [0.29, 0.717) is 13.0 Å². The van der Waals surface area contributed by atoms with E-state index in [1.54, 1.807) is 0 Å². The van der Waals surface area contributed by atoms with Crippen molar-refractivity contribution < 1.29 is 14.3 Å². The summed E-state index contributed by atoms with van der Waals surface area (Å²) in [6, 6.07) is 0. The first kappa shape index (κ1) is 17.1. The molecule has 0 aliphatic heterocycles. The van der Waals surface area contributed by atoms with Crippen LogP contribution < -0.4 is 0 Å². The fourth-order valence-corrected chi connectivity index (χ4v) is 2.26. The van der Waals surface area contributed by atoms with Crippen LogP contribution >= 0.6 is 0 Å². The van der Waals surface area contributed by atoms with Crippen LogP contribution in [0.5, 0.6) is 0 Å². The summed E-state index contributed by atoms with van der Waals surface area (Å²) >= 11 is 0. The van der Waals surface area contributed by atoms with Gasteiger partial charge in [0.2, 0.25) is 0 Å². The van der Waals surface area contributed by atoms with Crippen LogP contribution in [0.25, 0.3) is 0 Å². The molecule has 0 saturated carbocycles. The van der Waals surface area contributed by atoms with Gasteiger partial charge in [0.05, 0.1) is 12.5 Å². The van der Waals surface area contributed by atoms with Crippen molar-refractivity contribution in [2.45, 2.75) is 66.2 Å². The van der Waals surface area contributed by atoms with Crippen molar-refractivity contribution in [1.29, 1.82) is 0 Å². The van der Waals surface area contributed by atoms with Gasteiger partial charge in [0.1, 0.15) is 5.78 Å². The highest BCUT2D eigenvalue weighted by Crippen LogP contribution is 2.26. The molecular weight excluding hydrogens is 228 g/mol. The number of carbonyl (C=O) groups excluding carboxylic acids is 2. The number of hydrogen-bond acceptors (Lipinski definition) is 3. The molecular formula is C15H28O3. The first-order chi connectivity index (χ1) is 8.62. The molecule has 2 atom stereocenters. The maximum Gasteiger partial charge on any atom is 0.309 e. The van der Waals surface area contributed by atoms with Gasteiger partial charge in [-0.25, -0.2) is 0 Å². The Morgan fingerprint density at radius 2 is 1.44 bits per heavy atom. The fourth-order valence-electron chi connectivity index (χ4n) is 2.26. The first-order valence-electron chi connectivity index (χ1n) is 7.31. The molecule has 2 unspecified atom stereocenters. The second kappa shape index (κ2) is 10.1. The molecule has 0 aliphatic rings. The Morgan fingerprint density at radius 3 is 1.89 bits per heavy atom. The molecule has 0 aromatic heterocycles. The van der Waals surface area contributed by atoms with Crippen molar-refractivity contribution in [3.63, 3.8) is 0 Å². The molecule has 0 heterocycles. The quantitative estimate of drug-likeness (QED) is 0.559. The van der Waals surface area contributed by atoms with Gasteiger partial charge in [0, 0.05) is 12.3 Å². The molecule has 0 fully saturated rings. The summed E-state index contributed by atoms with van der Waals surface area (Å²) in [5.41, 5.74) is 0. The summed E-state index contributed by atoms with van der Waals surface area (Å²) in [6.07, 6.45) is 4.70. The minimum absolute atomic E-state index is 0.149. The van der Waals surface area contributed by atoms with Crippen LogP contribution in [0, 0.1) is 11.8 Å². The van der Waals surface area contributed by atoms with E-state index in [2.05, 4.69) is 6.92 Å². The number of hydrogen-bond donors (Lipinski definition) is 0. The lowest BCUT2D eigenvalue weighted by atomic mass is 9.81. The molecule has 0 N–H and O–H groups in total. The van der Waals surface area contributed by atoms with Crippen LogP contribution in [0.2, 0.25) is 0 Å². The van der Waals surface area contributed by atoms with E-state index >= 15 is 0 Å². The second-order valence-electron chi connectivity index (χ2n) is 4.78. The number of ketones is 1. The van der Waals surface area contributed by atoms with Gasteiger partial charge in [-0.1, -0.05) is 40.5 Å². The highest BCUT2D eigenvalue weighted by Gasteiger charge is 2.32. The van der Waals surface area contributed by atoms with E-state index in [1.165, 1.54) is 0 Å². The molecule has 106 valence electrons. The van der Waals surface area contributed by atoms with Gasteiger partial charge in [-0.05, 0) is 19.3 Å². The van der Waals surface area contributed by atoms with Crippen molar-refractivity contribution in [2.75, 3.05) is 6.61 Å². The highest BCUT2D eigenvalue weighted by molar-refractivity contribution is 5.86. The molecule has 0 saturated heterocycles. The Morgan fingerprint density at radius 1 is 0.889 bits per heavy atom. The monoisotopic (exact) mass is 256 g/mol. The van der Waals surface area contributed by atoms with Gasteiger partial charge in [0.25, 0.3) is 0 Å². The fraction of sp³-hybridized carbons (Fsp3) is 0.867. The number of carbonyl (C=O) groups is 2. The average Bonchev–Trinajstić information content (AvgIpc) is 2.39. The van der Waals surface area contributed by atoms with Gasteiger partial charge in [-0.2, -0.15) is 0 Å². The first-order valence-corrected chi connectivity index (χ1v) is 7.31. The zero-order valence-corrected chi connectivity index (χ0v) is 12.3. The van der Waals surface area contributed by atoms with E-state index < -0.39 is 0 Å². The third kappa shape index (κ3) is 5.65. The van der Waals surface area contributed by atoms with Crippen molar-refractivity contribution in [1.82, 2.24) is 0 Å². The summed E-state index contributed by atoms with van der Waals surface area (Å²) < 4.78 is 5.24. The van der Waals surface area contributed by atoms with E-state index in [-0.39, 0.29) is 23.6 Å². The molecule has 0 aromatic carbocycles. The SMILES string of the molecule is CCCOC(=O)C(CCC)C(CCC)C(=O)CC. The van der Waals surface area contributed by atoms with Gasteiger partial charge in [-0.15, -0.1) is 0 Å². The molecule has 0 rings (SSSR count). The smallest absolute Gasteiger partial charge is 0.309 e. The van der Waals surface area contributed by atoms with Crippen LogP contribution in [-0.4, -0.2) is 18.4 Å². The molecule has 0 aliphatic carbocycles. The van der Waals surface area contributed by atoms with Crippen molar-refractivity contribution in [2.24, 2.45) is 11.8 Å². The van der Waals surface area contributed by atoms with Crippen LogP contribution in [0.1, 0.15) is 66.2 Å². The van der Waals surface area contributed by atoms with Gasteiger partial charge >= 0.3 is 5.97 Å². The van der Waals surface area contributed by atoms with Crippen LogP contribution in [-0.2, 0) is 14.3 Å². The maximum atomic E-state index is 12.1. The lowest BCUT2D eigenvalue weighted by molar-refractivity contribution is -0.153. The lowest BCUT2D eigenvalue weighted by Gasteiger charge is -2.23. The second-order valence-corrected chi connectivity index (χ2v) is 4.78. The number of Topliss-reactive ketones (excluding diaryl/α,β-unsaturated/α-hetero) is 1. The van der Waals surface area contributed by atoms with Crippen LogP contribution in [0.15, 0.2) is 0 Å². The van der Waals surface area contributed by atoms with Crippen LogP contribution in [0.4, 0.5) is 0 Å². The largest absolute Gasteiger partial charge is 0.465 e. The van der Waals surface area contributed by atoms with E-state index in [0.717, 1.165) is 32.1 Å². The highest BCUT2D eigenvalue weighted by atomic mass is 16.5. The summed E-state index contributed by atoms with van der Waals surface area (Å²) in [5.74, 6) is -0.374. The Bertz CT molecular complexity index is 248. The summed E-state index contributed by atoms with van der Waals surface area (Å²) in [7, 11) is 0. The zero-order chi connectivity index (χ0) is 14.0. The van der Waals surface area contributed by atoms with E-state index in [4.69, 9.17) is 4.74 Å². The maximum absolute atomic E-state index is 12.1. The van der Waals surface area contributed by atoms with E-state index in [9.17, 15) is 9.59 Å². The summed E-state index contributed by atoms with van der Waals surface area (Å²) in [5, 5.41) is 0. The third-order valence-electron chi connectivity index (χ3n) is 3.20. The Balaban J connectivity index is 4.77. The molecule has 0 amide bonds. The number of esters is 1. The van der Waals surface area contributed by atoms with Gasteiger partial charge in [-0.3, -0.25) is 9.59 Å². The van der Waals surface area contributed by atoms with Crippen molar-refractivity contribution >= 4 is 11.8 Å². The Kier molecular flexibility index (Phi) is 9.62. The molecule has 3 heteroatoms. The standard InChI is InChI=1S/C15H28O3/c1-5-9-12(14(16)8-4)13(10-6-2)15(17)18-11-7-3/h12-13H,5-11H2,1-4H3. The normalized spacial score (nSPS) is 14.0. The van der Waals surface area contributed by atoms with Gasteiger partial charge < -0.3 is 4.74 Å². The predicted molar refractivity (Wildman–Crippen MR) is 73.3 cm³/mol. The number of rotatable bonds is 10. The average molecular weight is 256 g/mol. The molecule has 18 heavy (non-hydrogen) atoms. The summed E-state index contributed by atoms with van der Waals surface area (Å²) in [4.78, 5) is 24.0. The van der Waals surface area contributed by atoms with Crippen LogP contribution in [0.3, 0.4) is 0 Å². The Hall–Kier alpha value is -0.860. The zero-order valence-electron chi connectivity index (χ0n) is 12.3. The molecule has 0 bridgehead atoms. The molecule has 0 spiro atoms. The number of ether oxygens (including phenoxy) is 1. The minimum Gasteiger partial charge on any atom is -0.465 e. The van der Waals surface area contributed by atoms with Crippen molar-refractivity contribution in [3.8, 4) is 0 Å². The molecule has 0 radical (unpaired) electrons. The topological polar surface area (TPSA) is 43.4 Å². The van der Waals surface area contributed by atoms with Crippen molar-refractivity contribution in [3.05, 3.63) is 0 Å². The predicted octanol–water partition coefficient (Wildman–Crippen LogP) is 3.75. The lowest BCUT2D eigenvalue weighted by Crippen LogP contribution is -2.31. The minimum atomic E-state index is -0.242. The van der Waals surface area contributed by atoms with E-state index in [1.807, 2.05) is 20.8 Å². The molecule has 0 aromatic rings. The third-order valence-corrected chi connectivity index (χ3v) is 3.20. The van der Waals surface area contributed by atoms with Gasteiger partial charge in [0.15, 0.2) is 0 Å². The molecule has 3 nitrogen and oxygen atoms in total.